The van der Waals surface area contributed by atoms with Gasteiger partial charge in [-0.1, -0.05) is 42.5 Å². The van der Waals surface area contributed by atoms with E-state index in [2.05, 4.69) is 5.32 Å². The van der Waals surface area contributed by atoms with Crippen LogP contribution in [0.5, 0.6) is 5.75 Å². The Kier molecular flexibility index (Phi) is 5.73. The molecule has 0 bridgehead atoms. The van der Waals surface area contributed by atoms with E-state index in [1.807, 2.05) is 37.3 Å². The van der Waals surface area contributed by atoms with Crippen LogP contribution in [0.1, 0.15) is 23.6 Å². The lowest BCUT2D eigenvalue weighted by Crippen LogP contribution is -2.24. The van der Waals surface area contributed by atoms with Crippen molar-refractivity contribution in [1.82, 2.24) is 5.32 Å². The molecule has 0 aromatic heterocycles. The summed E-state index contributed by atoms with van der Waals surface area (Å²) in [6.45, 7) is 3.64. The zero-order valence-electron chi connectivity index (χ0n) is 13.6. The minimum absolute atomic E-state index is 0.200. The van der Waals surface area contributed by atoms with Crippen LogP contribution in [0.2, 0.25) is 0 Å². The summed E-state index contributed by atoms with van der Waals surface area (Å²) < 4.78 is 5.84. The number of carbonyl (C=O) groups excluding carboxylic acids is 1. The number of nitrogens with one attached hydrogen (secondary N) is 1. The van der Waals surface area contributed by atoms with Gasteiger partial charge in [0.25, 0.3) is 0 Å². The van der Waals surface area contributed by atoms with Crippen LogP contribution in [0, 0.1) is 6.92 Å². The molecule has 0 radical (unpaired) electrons. The Morgan fingerprint density at radius 2 is 1.79 bits per heavy atom. The Labute approximate surface area is 140 Å². The number of carboxylic acids is 1. The Morgan fingerprint density at radius 3 is 2.46 bits per heavy atom. The van der Waals surface area contributed by atoms with Gasteiger partial charge in [-0.3, -0.25) is 4.79 Å². The number of hydrogen-bond acceptors (Lipinski definition) is 3. The van der Waals surface area contributed by atoms with Crippen molar-refractivity contribution in [3.63, 3.8) is 0 Å². The van der Waals surface area contributed by atoms with Gasteiger partial charge in [0.1, 0.15) is 18.1 Å². The second-order valence-corrected chi connectivity index (χ2v) is 5.30. The number of para-hydroxylation sites is 1. The second-order valence-electron chi connectivity index (χ2n) is 5.30. The molecule has 0 aliphatic rings. The standard InChI is InChI=1S/C19H19NO4/c1-13-7-3-4-9-16(13)12-24-18-10-6-5-8-15(18)11-17(19(22)23)20-14(2)21/h3-11H,12H2,1-2H3,(H,20,21)(H,22,23). The van der Waals surface area contributed by atoms with E-state index in [1.165, 1.54) is 13.0 Å². The highest BCUT2D eigenvalue weighted by molar-refractivity contribution is 5.96. The Balaban J connectivity index is 2.25. The smallest absolute Gasteiger partial charge is 0.352 e. The molecule has 0 atom stereocenters. The first-order valence-corrected chi connectivity index (χ1v) is 7.46. The number of amides is 1. The Morgan fingerprint density at radius 1 is 1.12 bits per heavy atom. The third-order valence-corrected chi connectivity index (χ3v) is 3.40. The van der Waals surface area contributed by atoms with Crippen molar-refractivity contribution in [2.24, 2.45) is 0 Å². The normalized spacial score (nSPS) is 11.0. The number of carboxylic acid groups (broad SMARTS) is 1. The lowest BCUT2D eigenvalue weighted by Gasteiger charge is -2.11. The van der Waals surface area contributed by atoms with Gasteiger partial charge in [-0.2, -0.15) is 0 Å². The first-order valence-electron chi connectivity index (χ1n) is 7.46. The molecule has 0 unspecified atom stereocenters. The first-order chi connectivity index (χ1) is 11.5. The van der Waals surface area contributed by atoms with Gasteiger partial charge in [0, 0.05) is 12.5 Å². The Bertz CT molecular complexity index is 780. The van der Waals surface area contributed by atoms with Crippen LogP contribution >= 0.6 is 0 Å². The Hall–Kier alpha value is -3.08. The lowest BCUT2D eigenvalue weighted by atomic mass is 10.1. The van der Waals surface area contributed by atoms with Crippen molar-refractivity contribution < 1.29 is 19.4 Å². The number of aliphatic carboxylic acids is 1. The number of aryl methyl sites for hydroxylation is 1. The minimum atomic E-state index is -1.21. The predicted octanol–water partition coefficient (Wildman–Crippen LogP) is 3.14. The maximum Gasteiger partial charge on any atom is 0.352 e. The van der Waals surface area contributed by atoms with Crippen molar-refractivity contribution in [2.45, 2.75) is 20.5 Å². The van der Waals surface area contributed by atoms with Gasteiger partial charge in [-0.25, -0.2) is 4.79 Å². The SMILES string of the molecule is CC(=O)NC(=Cc1ccccc1OCc1ccccc1C)C(=O)O. The average molecular weight is 325 g/mol. The molecule has 2 N–H and O–H groups in total. The fraction of sp³-hybridized carbons (Fsp3) is 0.158. The first kappa shape index (κ1) is 17.3. The van der Waals surface area contributed by atoms with Crippen LogP contribution in [-0.2, 0) is 16.2 Å². The molecule has 124 valence electrons. The third kappa shape index (κ3) is 4.71. The summed E-state index contributed by atoms with van der Waals surface area (Å²) in [5, 5.41) is 11.5. The molecule has 0 spiro atoms. The van der Waals surface area contributed by atoms with Gasteiger partial charge in [0.15, 0.2) is 0 Å². The molecule has 0 saturated heterocycles. The minimum Gasteiger partial charge on any atom is -0.488 e. The molecule has 24 heavy (non-hydrogen) atoms. The van der Waals surface area contributed by atoms with Gasteiger partial charge in [-0.05, 0) is 30.2 Å². The molecule has 0 aliphatic heterocycles. The highest BCUT2D eigenvalue weighted by atomic mass is 16.5. The predicted molar refractivity (Wildman–Crippen MR) is 91.4 cm³/mol. The van der Waals surface area contributed by atoms with E-state index in [-0.39, 0.29) is 5.70 Å². The molecule has 5 nitrogen and oxygen atoms in total. The van der Waals surface area contributed by atoms with Crippen molar-refractivity contribution in [3.05, 3.63) is 70.9 Å². The number of rotatable bonds is 6. The summed E-state index contributed by atoms with van der Waals surface area (Å²) >= 11 is 0. The average Bonchev–Trinajstić information content (AvgIpc) is 2.54. The van der Waals surface area contributed by atoms with E-state index < -0.39 is 11.9 Å². The van der Waals surface area contributed by atoms with Crippen molar-refractivity contribution in [2.75, 3.05) is 0 Å². The van der Waals surface area contributed by atoms with Gasteiger partial charge in [0.05, 0.1) is 0 Å². The van der Waals surface area contributed by atoms with Gasteiger partial charge >= 0.3 is 5.97 Å². The molecule has 5 heteroatoms. The fourth-order valence-electron chi connectivity index (χ4n) is 2.16. The highest BCUT2D eigenvalue weighted by Gasteiger charge is 2.11. The summed E-state index contributed by atoms with van der Waals surface area (Å²) in [7, 11) is 0. The van der Waals surface area contributed by atoms with E-state index in [1.54, 1.807) is 18.2 Å². The van der Waals surface area contributed by atoms with Gasteiger partial charge < -0.3 is 15.2 Å². The van der Waals surface area contributed by atoms with E-state index in [4.69, 9.17) is 4.74 Å². The van der Waals surface area contributed by atoms with E-state index in [9.17, 15) is 14.7 Å². The fourth-order valence-corrected chi connectivity index (χ4v) is 2.16. The molecule has 2 aromatic rings. The van der Waals surface area contributed by atoms with Crippen LogP contribution in [0.25, 0.3) is 6.08 Å². The zero-order valence-corrected chi connectivity index (χ0v) is 13.6. The van der Waals surface area contributed by atoms with Gasteiger partial charge in [-0.15, -0.1) is 0 Å². The molecule has 0 heterocycles. The second kappa shape index (κ2) is 7.97. The monoisotopic (exact) mass is 325 g/mol. The van der Waals surface area contributed by atoms with Crippen LogP contribution in [0.4, 0.5) is 0 Å². The molecule has 2 aromatic carbocycles. The van der Waals surface area contributed by atoms with Crippen LogP contribution in [0.3, 0.4) is 0 Å². The zero-order chi connectivity index (χ0) is 17.5. The van der Waals surface area contributed by atoms with Crippen LogP contribution in [0.15, 0.2) is 54.2 Å². The van der Waals surface area contributed by atoms with E-state index in [0.717, 1.165) is 11.1 Å². The lowest BCUT2D eigenvalue weighted by molar-refractivity contribution is -0.134. The summed E-state index contributed by atoms with van der Waals surface area (Å²) in [6.07, 6.45) is 1.39. The van der Waals surface area contributed by atoms with Crippen molar-refractivity contribution in [3.8, 4) is 5.75 Å². The number of ether oxygens (including phenoxy) is 1. The van der Waals surface area contributed by atoms with Crippen molar-refractivity contribution >= 4 is 18.0 Å². The molecule has 2 rings (SSSR count). The number of benzene rings is 2. The van der Waals surface area contributed by atoms with Crippen LogP contribution < -0.4 is 10.1 Å². The van der Waals surface area contributed by atoms with E-state index in [0.29, 0.717) is 17.9 Å². The van der Waals surface area contributed by atoms with Crippen molar-refractivity contribution in [1.29, 1.82) is 0 Å². The molecule has 0 aliphatic carbocycles. The molecule has 1 amide bonds. The maximum absolute atomic E-state index is 11.3. The summed E-state index contributed by atoms with van der Waals surface area (Å²) in [5.41, 5.74) is 2.55. The summed E-state index contributed by atoms with van der Waals surface area (Å²) in [5.74, 6) is -1.11. The van der Waals surface area contributed by atoms with Crippen LogP contribution in [-0.4, -0.2) is 17.0 Å². The third-order valence-electron chi connectivity index (χ3n) is 3.40. The quantitative estimate of drug-likeness (QED) is 0.800. The number of carbonyl (C=O) groups is 2. The molecular weight excluding hydrogens is 306 g/mol. The molecular formula is C19H19NO4. The maximum atomic E-state index is 11.3. The topological polar surface area (TPSA) is 75.6 Å². The highest BCUT2D eigenvalue weighted by Crippen LogP contribution is 2.22. The summed E-state index contributed by atoms with van der Waals surface area (Å²) in [4.78, 5) is 22.4. The van der Waals surface area contributed by atoms with Gasteiger partial charge in [0.2, 0.25) is 5.91 Å². The largest absolute Gasteiger partial charge is 0.488 e. The molecule has 0 saturated carbocycles. The number of hydrogen-bond donors (Lipinski definition) is 2. The summed E-state index contributed by atoms with van der Waals surface area (Å²) in [6, 6.07) is 15.0. The molecule has 0 fully saturated rings. The van der Waals surface area contributed by atoms with E-state index >= 15 is 0 Å².